The van der Waals surface area contributed by atoms with Gasteiger partial charge in [0.1, 0.15) is 5.54 Å². The molecule has 2 aliphatic rings. The minimum absolute atomic E-state index is 0.0138. The molecule has 2 N–H and O–H groups in total. The number of imide groups is 1. The van der Waals surface area contributed by atoms with Crippen LogP contribution >= 0.6 is 11.3 Å². The highest BCUT2D eigenvalue weighted by molar-refractivity contribution is 7.09. The molecular weight excluding hydrogens is 292 g/mol. The predicted molar refractivity (Wildman–Crippen MR) is 75.8 cm³/mol. The lowest BCUT2D eigenvalue weighted by atomic mass is 9.87. The SMILES string of the molecule is Cc1nc(CC(=O)N2CCC3(CC2)NC(=O)NC3=O)cs1. The van der Waals surface area contributed by atoms with Crippen LogP contribution in [-0.4, -0.2) is 46.4 Å². The fraction of sp³-hybridized carbons (Fsp3) is 0.538. The number of aromatic nitrogens is 1. The fourth-order valence-corrected chi connectivity index (χ4v) is 3.39. The zero-order chi connectivity index (χ0) is 15.0. The summed E-state index contributed by atoms with van der Waals surface area (Å²) in [4.78, 5) is 41.3. The van der Waals surface area contributed by atoms with Crippen LogP contribution in [0.4, 0.5) is 4.79 Å². The molecule has 2 fully saturated rings. The predicted octanol–water partition coefficient (Wildman–Crippen LogP) is 0.195. The van der Waals surface area contributed by atoms with Crippen molar-refractivity contribution in [3.8, 4) is 0 Å². The Hall–Kier alpha value is -1.96. The van der Waals surface area contributed by atoms with E-state index in [0.29, 0.717) is 25.9 Å². The van der Waals surface area contributed by atoms with E-state index >= 15 is 0 Å². The van der Waals surface area contributed by atoms with Gasteiger partial charge in [0.05, 0.1) is 17.1 Å². The third-order valence-corrected chi connectivity index (χ3v) is 4.81. The maximum atomic E-state index is 12.2. The van der Waals surface area contributed by atoms with Crippen molar-refractivity contribution >= 4 is 29.2 Å². The number of carbonyl (C=O) groups excluding carboxylic acids is 3. The van der Waals surface area contributed by atoms with Crippen LogP contribution in [0.25, 0.3) is 0 Å². The van der Waals surface area contributed by atoms with E-state index < -0.39 is 11.6 Å². The van der Waals surface area contributed by atoms with E-state index in [1.165, 1.54) is 11.3 Å². The van der Waals surface area contributed by atoms with Gasteiger partial charge in [0, 0.05) is 18.5 Å². The van der Waals surface area contributed by atoms with Crippen molar-refractivity contribution in [1.29, 1.82) is 0 Å². The number of hydrogen-bond acceptors (Lipinski definition) is 5. The molecule has 7 nitrogen and oxygen atoms in total. The average Bonchev–Trinajstić information content (AvgIpc) is 2.95. The van der Waals surface area contributed by atoms with Crippen LogP contribution in [0.3, 0.4) is 0 Å². The van der Waals surface area contributed by atoms with E-state index in [0.717, 1.165) is 10.7 Å². The summed E-state index contributed by atoms with van der Waals surface area (Å²) < 4.78 is 0. The number of rotatable bonds is 2. The van der Waals surface area contributed by atoms with E-state index in [1.54, 1.807) is 4.90 Å². The van der Waals surface area contributed by atoms with Gasteiger partial charge in [-0.05, 0) is 19.8 Å². The Kier molecular flexibility index (Phi) is 3.40. The number of carbonyl (C=O) groups is 3. The summed E-state index contributed by atoms with van der Waals surface area (Å²) in [5, 5.41) is 7.78. The van der Waals surface area contributed by atoms with E-state index in [-0.39, 0.29) is 18.2 Å². The summed E-state index contributed by atoms with van der Waals surface area (Å²) in [6, 6.07) is -0.447. The molecule has 3 rings (SSSR count). The van der Waals surface area contributed by atoms with Crippen molar-refractivity contribution < 1.29 is 14.4 Å². The lowest BCUT2D eigenvalue weighted by Gasteiger charge is -2.36. The third-order valence-electron chi connectivity index (χ3n) is 3.98. The van der Waals surface area contributed by atoms with Gasteiger partial charge >= 0.3 is 6.03 Å². The largest absolute Gasteiger partial charge is 0.342 e. The molecule has 0 aliphatic carbocycles. The lowest BCUT2D eigenvalue weighted by molar-refractivity contribution is -0.135. The molecule has 1 aromatic rings. The summed E-state index contributed by atoms with van der Waals surface area (Å²) >= 11 is 1.53. The van der Waals surface area contributed by atoms with Crippen molar-refractivity contribution in [3.63, 3.8) is 0 Å². The van der Waals surface area contributed by atoms with Crippen molar-refractivity contribution in [2.24, 2.45) is 0 Å². The minimum atomic E-state index is -0.828. The van der Waals surface area contributed by atoms with E-state index in [2.05, 4.69) is 15.6 Å². The van der Waals surface area contributed by atoms with Crippen molar-refractivity contribution in [1.82, 2.24) is 20.5 Å². The standard InChI is InChI=1S/C13H16N4O3S/c1-8-14-9(7-21-8)6-10(18)17-4-2-13(3-5-17)11(19)15-12(20)16-13/h7H,2-6H2,1H3,(H2,15,16,19,20). The molecule has 0 aromatic carbocycles. The number of aryl methyl sites for hydroxylation is 1. The number of nitrogens with one attached hydrogen (secondary N) is 2. The molecule has 0 unspecified atom stereocenters. The summed E-state index contributed by atoms with van der Waals surface area (Å²) in [6.45, 7) is 2.84. The zero-order valence-corrected chi connectivity index (χ0v) is 12.5. The van der Waals surface area contributed by atoms with E-state index in [1.807, 2.05) is 12.3 Å². The monoisotopic (exact) mass is 308 g/mol. The Balaban J connectivity index is 1.59. The Bertz CT molecular complexity index is 604. The smallest absolute Gasteiger partial charge is 0.322 e. The first-order valence-corrected chi connectivity index (χ1v) is 7.69. The molecule has 1 aromatic heterocycles. The summed E-state index contributed by atoms with van der Waals surface area (Å²) in [6.07, 6.45) is 1.19. The topological polar surface area (TPSA) is 91.4 Å². The molecule has 0 saturated carbocycles. The molecule has 0 radical (unpaired) electrons. The molecule has 3 heterocycles. The van der Waals surface area contributed by atoms with Crippen molar-refractivity contribution in [2.75, 3.05) is 13.1 Å². The highest BCUT2D eigenvalue weighted by atomic mass is 32.1. The van der Waals surface area contributed by atoms with Crippen molar-refractivity contribution in [2.45, 2.75) is 31.7 Å². The summed E-state index contributed by atoms with van der Waals surface area (Å²) in [7, 11) is 0. The quantitative estimate of drug-likeness (QED) is 0.763. The van der Waals surface area contributed by atoms with Gasteiger partial charge in [-0.2, -0.15) is 0 Å². The molecule has 8 heteroatoms. The molecule has 1 spiro atoms. The first-order chi connectivity index (χ1) is 9.98. The van der Waals surface area contributed by atoms with Gasteiger partial charge in [-0.25, -0.2) is 9.78 Å². The Morgan fingerprint density at radius 1 is 1.43 bits per heavy atom. The zero-order valence-electron chi connectivity index (χ0n) is 11.6. The molecule has 4 amide bonds. The average molecular weight is 308 g/mol. The van der Waals surface area contributed by atoms with Crippen LogP contribution < -0.4 is 10.6 Å². The van der Waals surface area contributed by atoms with Gasteiger partial charge in [-0.1, -0.05) is 0 Å². The first kappa shape index (κ1) is 14.0. The second-order valence-electron chi connectivity index (χ2n) is 5.41. The maximum Gasteiger partial charge on any atom is 0.322 e. The fourth-order valence-electron chi connectivity index (χ4n) is 2.77. The van der Waals surface area contributed by atoms with Gasteiger partial charge in [0.25, 0.3) is 5.91 Å². The number of amides is 4. The maximum absolute atomic E-state index is 12.2. The second-order valence-corrected chi connectivity index (χ2v) is 6.47. The number of nitrogens with zero attached hydrogens (tertiary/aromatic N) is 2. The molecule has 0 atom stereocenters. The number of likely N-dealkylation sites (tertiary alicyclic amines) is 1. The van der Waals surface area contributed by atoms with Crippen molar-refractivity contribution in [3.05, 3.63) is 16.1 Å². The molecule has 2 aliphatic heterocycles. The van der Waals surface area contributed by atoms with E-state index in [4.69, 9.17) is 0 Å². The minimum Gasteiger partial charge on any atom is -0.342 e. The van der Waals surface area contributed by atoms with Crippen LogP contribution in [-0.2, 0) is 16.0 Å². The highest BCUT2D eigenvalue weighted by Crippen LogP contribution is 2.25. The first-order valence-electron chi connectivity index (χ1n) is 6.81. The van der Waals surface area contributed by atoms with Gasteiger partial charge in [-0.3, -0.25) is 14.9 Å². The number of urea groups is 1. The van der Waals surface area contributed by atoms with Gasteiger partial charge in [-0.15, -0.1) is 11.3 Å². The summed E-state index contributed by atoms with van der Waals surface area (Å²) in [5.41, 5.74) is -0.0415. The van der Waals surface area contributed by atoms with Crippen LogP contribution in [0.15, 0.2) is 5.38 Å². The second kappa shape index (κ2) is 5.10. The van der Waals surface area contributed by atoms with Gasteiger partial charge < -0.3 is 10.2 Å². The number of piperidine rings is 1. The molecule has 0 bridgehead atoms. The number of thiazole rings is 1. The van der Waals surface area contributed by atoms with Gasteiger partial charge in [0.2, 0.25) is 5.91 Å². The Morgan fingerprint density at radius 2 is 2.14 bits per heavy atom. The number of hydrogen-bond donors (Lipinski definition) is 2. The van der Waals surface area contributed by atoms with Gasteiger partial charge in [0.15, 0.2) is 0 Å². The van der Waals surface area contributed by atoms with E-state index in [9.17, 15) is 14.4 Å². The molecular formula is C13H16N4O3S. The Morgan fingerprint density at radius 3 is 2.67 bits per heavy atom. The summed E-state index contributed by atoms with van der Waals surface area (Å²) in [5.74, 6) is -0.269. The van der Waals surface area contributed by atoms with Crippen LogP contribution in [0.2, 0.25) is 0 Å². The van der Waals surface area contributed by atoms with Crippen LogP contribution in [0.5, 0.6) is 0 Å². The molecule has 2 saturated heterocycles. The highest BCUT2D eigenvalue weighted by Gasteiger charge is 2.48. The lowest BCUT2D eigenvalue weighted by Crippen LogP contribution is -2.55. The Labute approximate surface area is 125 Å². The molecule has 112 valence electrons. The van der Waals surface area contributed by atoms with Crippen LogP contribution in [0, 0.1) is 6.92 Å². The normalized spacial score (nSPS) is 20.5. The van der Waals surface area contributed by atoms with Crippen LogP contribution in [0.1, 0.15) is 23.5 Å². The third kappa shape index (κ3) is 2.63. The molecule has 21 heavy (non-hydrogen) atoms.